The van der Waals surface area contributed by atoms with Crippen molar-refractivity contribution in [2.45, 2.75) is 31.7 Å². The molecule has 0 radical (unpaired) electrons. The third kappa shape index (κ3) is 6.52. The summed E-state index contributed by atoms with van der Waals surface area (Å²) in [4.78, 5) is 25.6. The highest BCUT2D eigenvalue weighted by atomic mass is 16.4. The van der Waals surface area contributed by atoms with E-state index < -0.39 is 12.0 Å². The van der Waals surface area contributed by atoms with Crippen LogP contribution in [-0.2, 0) is 4.79 Å². The van der Waals surface area contributed by atoms with E-state index in [-0.39, 0.29) is 6.03 Å². The van der Waals surface area contributed by atoms with Crippen LogP contribution in [0.3, 0.4) is 0 Å². The monoisotopic (exact) mass is 376 g/mol. The zero-order valence-electron chi connectivity index (χ0n) is 16.1. The minimum Gasteiger partial charge on any atom is -0.480 e. The van der Waals surface area contributed by atoms with E-state index >= 15 is 0 Å². The lowest BCUT2D eigenvalue weighted by Crippen LogP contribution is -2.44. The Hall–Kier alpha value is -2.12. The number of urea groups is 1. The molecule has 0 bridgehead atoms. The summed E-state index contributed by atoms with van der Waals surface area (Å²) in [6.07, 6.45) is 4.96. The summed E-state index contributed by atoms with van der Waals surface area (Å²) in [6.45, 7) is 4.21. The Bertz CT molecular complexity index is 595. The molecule has 1 aromatic rings. The van der Waals surface area contributed by atoms with Crippen molar-refractivity contribution >= 4 is 12.0 Å². The van der Waals surface area contributed by atoms with Crippen LogP contribution in [0.2, 0.25) is 0 Å². The summed E-state index contributed by atoms with van der Waals surface area (Å²) in [7, 11) is 2.20. The molecule has 5 N–H and O–H groups in total. The number of piperidine rings is 2. The second-order valence-corrected chi connectivity index (χ2v) is 7.53. The molecular weight excluding hydrogens is 344 g/mol. The number of rotatable bonds is 3. The van der Waals surface area contributed by atoms with E-state index in [2.05, 4.69) is 11.9 Å². The molecule has 7 heteroatoms. The van der Waals surface area contributed by atoms with E-state index in [1.54, 1.807) is 29.2 Å². The van der Waals surface area contributed by atoms with Gasteiger partial charge in [0.25, 0.3) is 0 Å². The second kappa shape index (κ2) is 10.3. The maximum Gasteiger partial charge on any atom is 0.325 e. The topological polar surface area (TPSA) is 113 Å². The zero-order valence-corrected chi connectivity index (χ0v) is 16.1. The van der Waals surface area contributed by atoms with Crippen molar-refractivity contribution in [2.75, 3.05) is 33.2 Å². The molecular formula is C20H32N4O3. The standard InChI is InChI=1S/C12H23N3O.C8H9NO2/c1-14-6-2-10(3-7-14)11-4-8-15(9-5-11)12(13)16;9-7(8(10)11)6-4-2-1-3-5-6/h10-11H,2-9H2,1H3,(H2,13,16);1-5,7H,9H2,(H,10,11)/t;7-/m.1/s1. The minimum absolute atomic E-state index is 0.248. The first kappa shape index (κ1) is 21.2. The van der Waals surface area contributed by atoms with Gasteiger partial charge in [-0.3, -0.25) is 4.79 Å². The van der Waals surface area contributed by atoms with Crippen molar-refractivity contribution in [3.8, 4) is 0 Å². The Morgan fingerprint density at radius 2 is 1.48 bits per heavy atom. The number of benzene rings is 1. The van der Waals surface area contributed by atoms with Crippen LogP contribution in [0.5, 0.6) is 0 Å². The number of carbonyl (C=O) groups excluding carboxylic acids is 1. The third-order valence-electron chi connectivity index (χ3n) is 5.71. The number of hydrogen-bond donors (Lipinski definition) is 3. The van der Waals surface area contributed by atoms with Crippen LogP contribution in [0.1, 0.15) is 37.3 Å². The number of nitrogens with zero attached hydrogens (tertiary/aromatic N) is 2. The summed E-state index contributed by atoms with van der Waals surface area (Å²) in [5.41, 5.74) is 11.3. The molecule has 27 heavy (non-hydrogen) atoms. The van der Waals surface area contributed by atoms with Gasteiger partial charge in [-0.15, -0.1) is 0 Å². The van der Waals surface area contributed by atoms with Crippen LogP contribution >= 0.6 is 0 Å². The molecule has 0 aliphatic carbocycles. The molecule has 2 saturated heterocycles. The largest absolute Gasteiger partial charge is 0.480 e. The van der Waals surface area contributed by atoms with Crippen LogP contribution in [0, 0.1) is 11.8 Å². The quantitative estimate of drug-likeness (QED) is 0.745. The molecule has 150 valence electrons. The van der Waals surface area contributed by atoms with Crippen LogP contribution in [0.15, 0.2) is 30.3 Å². The van der Waals surface area contributed by atoms with Gasteiger partial charge in [-0.1, -0.05) is 30.3 Å². The predicted octanol–water partition coefficient (Wildman–Crippen LogP) is 1.89. The maximum absolute atomic E-state index is 11.0. The molecule has 7 nitrogen and oxygen atoms in total. The summed E-state index contributed by atoms with van der Waals surface area (Å²) >= 11 is 0. The lowest BCUT2D eigenvalue weighted by molar-refractivity contribution is -0.138. The fourth-order valence-electron chi connectivity index (χ4n) is 3.89. The number of primary amides is 1. The van der Waals surface area contributed by atoms with E-state index in [0.29, 0.717) is 5.56 Å². The second-order valence-electron chi connectivity index (χ2n) is 7.53. The van der Waals surface area contributed by atoms with Gasteiger partial charge in [0.15, 0.2) is 0 Å². The Kier molecular flexibility index (Phi) is 8.06. The molecule has 3 rings (SSSR count). The van der Waals surface area contributed by atoms with Gasteiger partial charge in [0.1, 0.15) is 6.04 Å². The number of amides is 2. The first-order chi connectivity index (χ1) is 12.9. The summed E-state index contributed by atoms with van der Waals surface area (Å²) in [5.74, 6) is 0.701. The van der Waals surface area contributed by atoms with Crippen LogP contribution in [0.4, 0.5) is 4.79 Å². The molecule has 2 aliphatic rings. The van der Waals surface area contributed by atoms with Crippen LogP contribution in [-0.4, -0.2) is 60.1 Å². The van der Waals surface area contributed by atoms with Gasteiger partial charge in [-0.2, -0.15) is 0 Å². The van der Waals surface area contributed by atoms with Gasteiger partial charge in [0.05, 0.1) is 0 Å². The van der Waals surface area contributed by atoms with E-state index in [9.17, 15) is 9.59 Å². The Morgan fingerprint density at radius 3 is 1.93 bits per heavy atom. The van der Waals surface area contributed by atoms with Crippen molar-refractivity contribution in [1.29, 1.82) is 0 Å². The third-order valence-corrected chi connectivity index (χ3v) is 5.71. The molecule has 2 heterocycles. The number of carboxylic acids is 1. The van der Waals surface area contributed by atoms with Gasteiger partial charge in [-0.25, -0.2) is 4.79 Å². The zero-order chi connectivity index (χ0) is 19.8. The van der Waals surface area contributed by atoms with Crippen molar-refractivity contribution in [3.63, 3.8) is 0 Å². The smallest absolute Gasteiger partial charge is 0.325 e. The lowest BCUT2D eigenvalue weighted by atomic mass is 9.79. The Balaban J connectivity index is 0.000000208. The molecule has 2 aliphatic heterocycles. The summed E-state index contributed by atoms with van der Waals surface area (Å²) in [6, 6.07) is 7.57. The number of carboxylic acid groups (broad SMARTS) is 1. The molecule has 0 unspecified atom stereocenters. The van der Waals surface area contributed by atoms with Crippen molar-refractivity contribution < 1.29 is 14.7 Å². The van der Waals surface area contributed by atoms with E-state index in [1.165, 1.54) is 25.9 Å². The van der Waals surface area contributed by atoms with Gasteiger partial charge < -0.3 is 26.4 Å². The average molecular weight is 377 g/mol. The molecule has 0 aromatic heterocycles. The molecule has 0 saturated carbocycles. The fraction of sp³-hybridized carbons (Fsp3) is 0.600. The first-order valence-electron chi connectivity index (χ1n) is 9.64. The van der Waals surface area contributed by atoms with Gasteiger partial charge >= 0.3 is 12.0 Å². The molecule has 2 amide bonds. The molecule has 2 fully saturated rings. The van der Waals surface area contributed by atoms with Crippen molar-refractivity contribution in [3.05, 3.63) is 35.9 Å². The SMILES string of the molecule is CN1CCC(C2CCN(C(N)=O)CC2)CC1.N[C@@H](C(=O)O)c1ccccc1. The summed E-state index contributed by atoms with van der Waals surface area (Å²) < 4.78 is 0. The maximum atomic E-state index is 11.0. The number of hydrogen-bond acceptors (Lipinski definition) is 4. The highest BCUT2D eigenvalue weighted by Crippen LogP contribution is 2.31. The predicted molar refractivity (Wildman–Crippen MR) is 105 cm³/mol. The van der Waals surface area contributed by atoms with Crippen LogP contribution < -0.4 is 11.5 Å². The van der Waals surface area contributed by atoms with E-state index in [1.807, 2.05) is 6.07 Å². The van der Waals surface area contributed by atoms with E-state index in [0.717, 1.165) is 37.8 Å². The number of aliphatic carboxylic acids is 1. The van der Waals surface area contributed by atoms with Crippen LogP contribution in [0.25, 0.3) is 0 Å². The highest BCUT2D eigenvalue weighted by molar-refractivity contribution is 5.75. The van der Waals surface area contributed by atoms with Gasteiger partial charge in [0.2, 0.25) is 0 Å². The summed E-state index contributed by atoms with van der Waals surface area (Å²) in [5, 5.41) is 8.51. The Morgan fingerprint density at radius 1 is 1.00 bits per heavy atom. The number of likely N-dealkylation sites (tertiary alicyclic amines) is 2. The molecule has 1 atom stereocenters. The van der Waals surface area contributed by atoms with Crippen molar-refractivity contribution in [1.82, 2.24) is 9.80 Å². The molecule has 1 aromatic carbocycles. The average Bonchev–Trinajstić information content (AvgIpc) is 2.69. The molecule has 0 spiro atoms. The first-order valence-corrected chi connectivity index (χ1v) is 9.64. The van der Waals surface area contributed by atoms with Crippen molar-refractivity contribution in [2.24, 2.45) is 23.3 Å². The lowest BCUT2D eigenvalue weighted by Gasteiger charge is -2.38. The Labute approximate surface area is 161 Å². The minimum atomic E-state index is -1.00. The van der Waals surface area contributed by atoms with E-state index in [4.69, 9.17) is 16.6 Å². The highest BCUT2D eigenvalue weighted by Gasteiger charge is 2.29. The number of nitrogens with two attached hydrogens (primary N) is 2. The number of carbonyl (C=O) groups is 2. The van der Waals surface area contributed by atoms with Gasteiger partial charge in [-0.05, 0) is 63.2 Å². The normalized spacial score (nSPS) is 20.4. The fourth-order valence-corrected chi connectivity index (χ4v) is 3.89. The van der Waals surface area contributed by atoms with Gasteiger partial charge in [0, 0.05) is 13.1 Å².